The molecule has 2 rings (SSSR count). The van der Waals surface area contributed by atoms with Crippen LogP contribution >= 0.6 is 0 Å². The zero-order chi connectivity index (χ0) is 10.7. The van der Waals surface area contributed by atoms with Crippen molar-refractivity contribution < 1.29 is 4.79 Å². The van der Waals surface area contributed by atoms with Gasteiger partial charge in [0.25, 0.3) is 0 Å². The molecule has 1 aliphatic heterocycles. The van der Waals surface area contributed by atoms with Crippen molar-refractivity contribution in [1.82, 2.24) is 14.9 Å². The van der Waals surface area contributed by atoms with Crippen molar-refractivity contribution in [3.8, 4) is 0 Å². The molecule has 0 spiro atoms. The number of nitrogens with one attached hydrogen (secondary N) is 1. The lowest BCUT2D eigenvalue weighted by Gasteiger charge is -2.24. The fourth-order valence-electron chi connectivity index (χ4n) is 2.03. The summed E-state index contributed by atoms with van der Waals surface area (Å²) in [7, 11) is 0. The number of imidazole rings is 1. The van der Waals surface area contributed by atoms with E-state index in [2.05, 4.69) is 10.3 Å². The van der Waals surface area contributed by atoms with Crippen LogP contribution in [0.4, 0.5) is 0 Å². The van der Waals surface area contributed by atoms with E-state index in [1.165, 1.54) is 12.8 Å². The van der Waals surface area contributed by atoms with Crippen molar-refractivity contribution >= 4 is 5.91 Å². The van der Waals surface area contributed by atoms with E-state index in [4.69, 9.17) is 5.73 Å². The summed E-state index contributed by atoms with van der Waals surface area (Å²) in [6, 6.07) is 0.320. The van der Waals surface area contributed by atoms with Crippen LogP contribution in [-0.2, 0) is 11.3 Å². The van der Waals surface area contributed by atoms with E-state index in [-0.39, 0.29) is 12.5 Å². The molecule has 1 unspecified atom stereocenters. The highest BCUT2D eigenvalue weighted by Crippen LogP contribution is 2.22. The Morgan fingerprint density at radius 3 is 3.20 bits per heavy atom. The second-order valence-electron chi connectivity index (χ2n) is 3.92. The van der Waals surface area contributed by atoms with Gasteiger partial charge in [-0.25, -0.2) is 4.98 Å². The molecule has 1 amide bonds. The zero-order valence-corrected chi connectivity index (χ0v) is 8.65. The third-order valence-corrected chi connectivity index (χ3v) is 2.74. The standard InChI is InChI=1S/C10H16N4O/c11-10(15)6-14-7-12-5-9(14)8-3-1-2-4-13-8/h5,7-8,13H,1-4,6H2,(H2,11,15). The molecule has 1 atom stereocenters. The van der Waals surface area contributed by atoms with Crippen LogP contribution in [0, 0.1) is 0 Å². The van der Waals surface area contributed by atoms with Gasteiger partial charge in [0, 0.05) is 12.2 Å². The molecular formula is C10H16N4O. The number of primary amides is 1. The first-order valence-electron chi connectivity index (χ1n) is 5.29. The fourth-order valence-corrected chi connectivity index (χ4v) is 2.03. The molecule has 82 valence electrons. The molecule has 1 aromatic heterocycles. The molecule has 0 radical (unpaired) electrons. The van der Waals surface area contributed by atoms with E-state index in [1.807, 2.05) is 10.8 Å². The number of aromatic nitrogens is 2. The zero-order valence-electron chi connectivity index (χ0n) is 8.65. The average molecular weight is 208 g/mol. The van der Waals surface area contributed by atoms with Gasteiger partial charge in [0.1, 0.15) is 6.54 Å². The summed E-state index contributed by atoms with van der Waals surface area (Å²) < 4.78 is 1.82. The molecule has 0 bridgehead atoms. The number of nitrogens with zero attached hydrogens (tertiary/aromatic N) is 2. The molecule has 5 heteroatoms. The van der Waals surface area contributed by atoms with E-state index in [0.29, 0.717) is 6.04 Å². The van der Waals surface area contributed by atoms with Crippen molar-refractivity contribution in [3.63, 3.8) is 0 Å². The lowest BCUT2D eigenvalue weighted by Crippen LogP contribution is -2.30. The maximum absolute atomic E-state index is 10.9. The highest BCUT2D eigenvalue weighted by Gasteiger charge is 2.18. The van der Waals surface area contributed by atoms with Crippen LogP contribution in [0.3, 0.4) is 0 Å². The molecule has 1 fully saturated rings. The van der Waals surface area contributed by atoms with Gasteiger partial charge in [-0.15, -0.1) is 0 Å². The number of nitrogens with two attached hydrogens (primary N) is 1. The SMILES string of the molecule is NC(=O)Cn1cncc1C1CCCCN1. The number of piperidine rings is 1. The quantitative estimate of drug-likeness (QED) is 0.744. The Hall–Kier alpha value is -1.36. The Kier molecular flexibility index (Phi) is 3.01. The summed E-state index contributed by atoms with van der Waals surface area (Å²) in [5, 5.41) is 3.42. The molecule has 3 N–H and O–H groups in total. The normalized spacial score (nSPS) is 21.5. The van der Waals surface area contributed by atoms with Crippen molar-refractivity contribution in [1.29, 1.82) is 0 Å². The number of carbonyl (C=O) groups excluding carboxylic acids is 1. The van der Waals surface area contributed by atoms with Gasteiger partial charge >= 0.3 is 0 Å². The van der Waals surface area contributed by atoms with Gasteiger partial charge in [-0.2, -0.15) is 0 Å². The average Bonchev–Trinajstić information content (AvgIpc) is 2.66. The third-order valence-electron chi connectivity index (χ3n) is 2.74. The van der Waals surface area contributed by atoms with Gasteiger partial charge < -0.3 is 15.6 Å². The Balaban J connectivity index is 2.12. The molecule has 0 aromatic carbocycles. The first-order chi connectivity index (χ1) is 7.27. The number of carbonyl (C=O) groups is 1. The van der Waals surface area contributed by atoms with Crippen LogP contribution in [-0.4, -0.2) is 22.0 Å². The Morgan fingerprint density at radius 2 is 2.53 bits per heavy atom. The highest BCUT2D eigenvalue weighted by atomic mass is 16.1. The summed E-state index contributed by atoms with van der Waals surface area (Å²) >= 11 is 0. The van der Waals surface area contributed by atoms with E-state index >= 15 is 0 Å². The third kappa shape index (κ3) is 2.36. The van der Waals surface area contributed by atoms with Crippen molar-refractivity contribution in [3.05, 3.63) is 18.2 Å². The lowest BCUT2D eigenvalue weighted by atomic mass is 10.0. The summed E-state index contributed by atoms with van der Waals surface area (Å²) in [5.41, 5.74) is 6.24. The summed E-state index contributed by atoms with van der Waals surface area (Å²) in [5.74, 6) is -0.329. The molecule has 0 aliphatic carbocycles. The molecule has 1 saturated heterocycles. The van der Waals surface area contributed by atoms with Crippen LogP contribution in [0.5, 0.6) is 0 Å². The molecule has 0 saturated carbocycles. The smallest absolute Gasteiger partial charge is 0.237 e. The van der Waals surface area contributed by atoms with Gasteiger partial charge in [0.05, 0.1) is 12.0 Å². The van der Waals surface area contributed by atoms with E-state index in [0.717, 1.165) is 18.7 Å². The molecule has 2 heterocycles. The largest absolute Gasteiger partial charge is 0.368 e. The topological polar surface area (TPSA) is 72.9 Å². The molecule has 1 aromatic rings. The number of hydrogen-bond donors (Lipinski definition) is 2. The minimum absolute atomic E-state index is 0.216. The van der Waals surface area contributed by atoms with Gasteiger partial charge in [0.15, 0.2) is 0 Å². The Morgan fingerprint density at radius 1 is 1.67 bits per heavy atom. The number of amides is 1. The second-order valence-corrected chi connectivity index (χ2v) is 3.92. The second kappa shape index (κ2) is 4.44. The van der Waals surface area contributed by atoms with Gasteiger partial charge in [-0.1, -0.05) is 6.42 Å². The number of rotatable bonds is 3. The number of hydrogen-bond acceptors (Lipinski definition) is 3. The first-order valence-corrected chi connectivity index (χ1v) is 5.29. The van der Waals surface area contributed by atoms with Crippen molar-refractivity contribution in [2.45, 2.75) is 31.8 Å². The van der Waals surface area contributed by atoms with Crippen LogP contribution in [0.15, 0.2) is 12.5 Å². The summed E-state index contributed by atoms with van der Waals surface area (Å²) in [4.78, 5) is 14.9. The van der Waals surface area contributed by atoms with E-state index < -0.39 is 0 Å². The van der Waals surface area contributed by atoms with Gasteiger partial charge in [0.2, 0.25) is 5.91 Å². The summed E-state index contributed by atoms with van der Waals surface area (Å²) in [6.07, 6.45) is 7.02. The maximum Gasteiger partial charge on any atom is 0.237 e. The molecular weight excluding hydrogens is 192 g/mol. The van der Waals surface area contributed by atoms with Gasteiger partial charge in [-0.05, 0) is 19.4 Å². The summed E-state index contributed by atoms with van der Waals surface area (Å²) in [6.45, 7) is 1.25. The predicted octanol–water partition coefficient (Wildman–Crippen LogP) is 0.183. The van der Waals surface area contributed by atoms with Gasteiger partial charge in [-0.3, -0.25) is 4.79 Å². The van der Waals surface area contributed by atoms with Crippen LogP contribution in [0.2, 0.25) is 0 Å². The minimum atomic E-state index is -0.329. The van der Waals surface area contributed by atoms with Crippen molar-refractivity contribution in [2.24, 2.45) is 5.73 Å². The monoisotopic (exact) mass is 208 g/mol. The van der Waals surface area contributed by atoms with Crippen LogP contribution in [0.25, 0.3) is 0 Å². The highest BCUT2D eigenvalue weighted by molar-refractivity contribution is 5.73. The first kappa shape index (κ1) is 10.2. The Bertz CT molecular complexity index is 341. The van der Waals surface area contributed by atoms with E-state index in [1.54, 1.807) is 6.33 Å². The van der Waals surface area contributed by atoms with Crippen LogP contribution < -0.4 is 11.1 Å². The fraction of sp³-hybridized carbons (Fsp3) is 0.600. The molecule has 15 heavy (non-hydrogen) atoms. The lowest BCUT2D eigenvalue weighted by molar-refractivity contribution is -0.118. The minimum Gasteiger partial charge on any atom is -0.368 e. The molecule has 1 aliphatic rings. The van der Waals surface area contributed by atoms with E-state index in [9.17, 15) is 4.79 Å². The Labute approximate surface area is 88.7 Å². The van der Waals surface area contributed by atoms with Crippen LogP contribution in [0.1, 0.15) is 31.0 Å². The molecule has 5 nitrogen and oxygen atoms in total. The predicted molar refractivity (Wildman–Crippen MR) is 56.0 cm³/mol. The maximum atomic E-state index is 10.9. The van der Waals surface area contributed by atoms with Crippen molar-refractivity contribution in [2.75, 3.05) is 6.54 Å².